The highest BCUT2D eigenvalue weighted by Gasteiger charge is 2.29. The number of halogens is 2. The SMILES string of the molecule is COS(=O)(=O)c1cc(C(=O)c2ccc(Oc3ccc(C(=O)c4ccc(F)c(S(=O)(=O)OC)c4)cc3S(=O)(=O)OC)c(S(=O)(=O)OC)c2)ccc1F. The van der Waals surface area contributed by atoms with Crippen LogP contribution >= 0.6 is 0 Å². The molecule has 21 heteroatoms. The fraction of sp³-hybridized carbons (Fsp3) is 0.133. The molecule has 0 spiro atoms. The lowest BCUT2D eigenvalue weighted by Crippen LogP contribution is -2.12. The predicted octanol–water partition coefficient (Wildman–Crippen LogP) is 3.56. The van der Waals surface area contributed by atoms with Crippen LogP contribution in [0.4, 0.5) is 8.78 Å². The van der Waals surface area contributed by atoms with E-state index in [1.807, 2.05) is 0 Å². The van der Waals surface area contributed by atoms with Crippen LogP contribution in [0.1, 0.15) is 31.8 Å². The van der Waals surface area contributed by atoms with Gasteiger partial charge < -0.3 is 4.74 Å². The Bertz CT molecular complexity index is 2340. The van der Waals surface area contributed by atoms with E-state index in [2.05, 4.69) is 16.7 Å². The molecule has 0 N–H and O–H groups in total. The predicted molar refractivity (Wildman–Crippen MR) is 169 cm³/mol. The van der Waals surface area contributed by atoms with Gasteiger partial charge in [0.2, 0.25) is 0 Å². The number of ether oxygens (including phenoxy) is 1. The monoisotopic (exact) mass is 790 g/mol. The molecule has 0 aliphatic rings. The minimum atomic E-state index is -4.74. The van der Waals surface area contributed by atoms with Gasteiger partial charge in [-0.2, -0.15) is 33.7 Å². The molecule has 0 unspecified atom stereocenters. The summed E-state index contributed by atoms with van der Waals surface area (Å²) in [4.78, 5) is 23.0. The Hall–Kier alpha value is -4.48. The summed E-state index contributed by atoms with van der Waals surface area (Å²) >= 11 is 0. The second-order valence-electron chi connectivity index (χ2n) is 9.86. The van der Waals surface area contributed by atoms with Crippen molar-refractivity contribution in [2.45, 2.75) is 19.6 Å². The Morgan fingerprint density at radius 3 is 0.980 bits per heavy atom. The molecule has 51 heavy (non-hydrogen) atoms. The van der Waals surface area contributed by atoms with Gasteiger partial charge in [0.05, 0.1) is 28.4 Å². The van der Waals surface area contributed by atoms with Crippen molar-refractivity contribution in [3.63, 3.8) is 0 Å². The molecule has 4 aromatic rings. The van der Waals surface area contributed by atoms with Gasteiger partial charge in [-0.15, -0.1) is 0 Å². The van der Waals surface area contributed by atoms with Gasteiger partial charge >= 0.3 is 0 Å². The highest BCUT2D eigenvalue weighted by atomic mass is 32.2. The first-order valence-electron chi connectivity index (χ1n) is 13.6. The number of carbonyl (C=O) groups excluding carboxylic acids is 2. The van der Waals surface area contributed by atoms with Gasteiger partial charge in [-0.3, -0.25) is 26.3 Å². The van der Waals surface area contributed by atoms with Crippen molar-refractivity contribution in [3.8, 4) is 11.5 Å². The molecule has 0 saturated carbocycles. The van der Waals surface area contributed by atoms with Crippen LogP contribution in [-0.2, 0) is 57.2 Å². The molecule has 0 atom stereocenters. The summed E-state index contributed by atoms with van der Waals surface area (Å²) in [5.74, 6) is -5.61. The van der Waals surface area contributed by atoms with Gasteiger partial charge in [-0.1, -0.05) is 0 Å². The molecule has 0 saturated heterocycles. The van der Waals surface area contributed by atoms with E-state index in [1.165, 1.54) is 0 Å². The van der Waals surface area contributed by atoms with Crippen LogP contribution in [0.25, 0.3) is 0 Å². The third-order valence-corrected chi connectivity index (χ3v) is 12.1. The molecule has 0 heterocycles. The van der Waals surface area contributed by atoms with Gasteiger partial charge in [0.15, 0.2) is 11.6 Å². The maximum atomic E-state index is 14.2. The van der Waals surface area contributed by atoms with Gasteiger partial charge in [0.25, 0.3) is 40.5 Å². The van der Waals surface area contributed by atoms with E-state index in [-0.39, 0.29) is 22.3 Å². The normalized spacial score (nSPS) is 12.4. The summed E-state index contributed by atoms with van der Waals surface area (Å²) in [7, 11) is -15.6. The largest absolute Gasteiger partial charge is 0.454 e. The smallest absolute Gasteiger partial charge is 0.300 e. The number of benzene rings is 4. The van der Waals surface area contributed by atoms with E-state index in [0.717, 1.165) is 77.0 Å². The highest BCUT2D eigenvalue weighted by molar-refractivity contribution is 7.87. The summed E-state index contributed by atoms with van der Waals surface area (Å²) in [6.07, 6.45) is 0. The zero-order valence-electron chi connectivity index (χ0n) is 26.4. The van der Waals surface area contributed by atoms with Crippen molar-refractivity contribution >= 4 is 52.0 Å². The minimum Gasteiger partial charge on any atom is -0.454 e. The summed E-state index contributed by atoms with van der Waals surface area (Å²) in [6, 6.07) is 10.1. The second kappa shape index (κ2) is 14.6. The van der Waals surface area contributed by atoms with Crippen molar-refractivity contribution in [1.29, 1.82) is 0 Å². The number of carbonyl (C=O) groups is 2. The first-order valence-corrected chi connectivity index (χ1v) is 19.2. The molecule has 0 bridgehead atoms. The van der Waals surface area contributed by atoms with E-state index in [4.69, 9.17) is 4.74 Å². The van der Waals surface area contributed by atoms with Crippen LogP contribution < -0.4 is 4.74 Å². The average molecular weight is 791 g/mol. The number of rotatable bonds is 14. The van der Waals surface area contributed by atoms with Crippen LogP contribution in [-0.4, -0.2) is 73.7 Å². The van der Waals surface area contributed by atoms with Gasteiger partial charge in [-0.05, 0) is 72.8 Å². The van der Waals surface area contributed by atoms with Gasteiger partial charge in [-0.25, -0.2) is 8.78 Å². The van der Waals surface area contributed by atoms with E-state index < -0.39 is 94.8 Å². The molecular weight excluding hydrogens is 767 g/mol. The van der Waals surface area contributed by atoms with Gasteiger partial charge in [0, 0.05) is 22.3 Å². The van der Waals surface area contributed by atoms with E-state index in [0.29, 0.717) is 24.3 Å². The van der Waals surface area contributed by atoms with Crippen molar-refractivity contribution in [1.82, 2.24) is 0 Å². The molecule has 0 radical (unpaired) electrons. The molecule has 0 aliphatic carbocycles. The second-order valence-corrected chi connectivity index (χ2v) is 16.6. The van der Waals surface area contributed by atoms with E-state index >= 15 is 0 Å². The quantitative estimate of drug-likeness (QED) is 0.132. The summed E-state index contributed by atoms with van der Waals surface area (Å²) in [5.41, 5.74) is -1.54. The lowest BCUT2D eigenvalue weighted by molar-refractivity contribution is 0.103. The van der Waals surface area contributed by atoms with Crippen molar-refractivity contribution in [2.24, 2.45) is 0 Å². The fourth-order valence-electron chi connectivity index (χ4n) is 4.34. The van der Waals surface area contributed by atoms with Crippen molar-refractivity contribution in [3.05, 3.63) is 107 Å². The Labute approximate surface area is 290 Å². The lowest BCUT2D eigenvalue weighted by atomic mass is 10.0. The Balaban J connectivity index is 1.82. The zero-order valence-corrected chi connectivity index (χ0v) is 29.7. The van der Waals surface area contributed by atoms with Crippen LogP contribution in [0.2, 0.25) is 0 Å². The van der Waals surface area contributed by atoms with Crippen LogP contribution in [0.3, 0.4) is 0 Å². The highest BCUT2D eigenvalue weighted by Crippen LogP contribution is 2.36. The fourth-order valence-corrected chi connectivity index (χ4v) is 7.47. The molecule has 0 aromatic heterocycles. The van der Waals surface area contributed by atoms with Crippen LogP contribution in [0.15, 0.2) is 92.4 Å². The molecule has 0 fully saturated rings. The van der Waals surface area contributed by atoms with Crippen LogP contribution in [0.5, 0.6) is 11.5 Å². The molecule has 4 rings (SSSR count). The summed E-state index contributed by atoms with van der Waals surface area (Å²) in [5, 5.41) is 0. The third kappa shape index (κ3) is 8.05. The van der Waals surface area contributed by atoms with E-state index in [1.54, 1.807) is 0 Å². The summed E-state index contributed by atoms with van der Waals surface area (Å²) in [6.45, 7) is 0. The first-order chi connectivity index (χ1) is 23.7. The Kier molecular flexibility index (Phi) is 11.3. The Morgan fingerprint density at radius 1 is 0.431 bits per heavy atom. The number of hydrogen-bond acceptors (Lipinski definition) is 15. The topological polar surface area (TPSA) is 217 Å². The standard InChI is InChI=1S/C30H24F2O15S4/c1-43-48(35,36)25-13-17(5-9-21(25)31)29(33)19-7-11-23(27(15-19)50(39,40)45-3)47-24-12-8-20(16-28(24)51(41,42)46-4)30(34)18-6-10-22(32)26(14-18)49(37,38)44-2/h5-16H,1-4H3. The maximum absolute atomic E-state index is 14.2. The molecule has 4 aromatic carbocycles. The van der Waals surface area contributed by atoms with Crippen molar-refractivity contribution < 1.29 is 73.5 Å². The first kappa shape index (κ1) is 39.3. The Morgan fingerprint density at radius 2 is 0.686 bits per heavy atom. The van der Waals surface area contributed by atoms with Crippen molar-refractivity contribution in [2.75, 3.05) is 28.4 Å². The minimum absolute atomic E-state index is 0.384. The molecule has 0 amide bonds. The zero-order chi connectivity index (χ0) is 38.1. The molecule has 15 nitrogen and oxygen atoms in total. The average Bonchev–Trinajstić information content (AvgIpc) is 3.11. The summed E-state index contributed by atoms with van der Waals surface area (Å²) < 4.78 is 152. The van der Waals surface area contributed by atoms with Gasteiger partial charge in [0.1, 0.15) is 42.7 Å². The van der Waals surface area contributed by atoms with Crippen LogP contribution in [0, 0.1) is 11.6 Å². The number of ketones is 2. The van der Waals surface area contributed by atoms with E-state index in [9.17, 15) is 52.0 Å². The molecular formula is C30H24F2O15S4. The number of hydrogen-bond donors (Lipinski definition) is 0. The maximum Gasteiger partial charge on any atom is 0.300 e. The third-order valence-electron chi connectivity index (χ3n) is 6.97. The molecule has 0 aliphatic heterocycles. The molecule has 272 valence electrons. The lowest BCUT2D eigenvalue weighted by Gasteiger charge is -2.16.